The summed E-state index contributed by atoms with van der Waals surface area (Å²) >= 11 is 0. The third-order valence-corrected chi connectivity index (χ3v) is 7.38. The molecule has 1 saturated carbocycles. The highest BCUT2D eigenvalue weighted by molar-refractivity contribution is 5.80. The molecule has 1 aliphatic carbocycles. The van der Waals surface area contributed by atoms with E-state index in [0.29, 0.717) is 41.1 Å². The predicted molar refractivity (Wildman–Crippen MR) is 146 cm³/mol. The van der Waals surface area contributed by atoms with E-state index in [1.807, 2.05) is 77.7 Å². The van der Waals surface area contributed by atoms with Crippen LogP contribution in [0, 0.1) is 5.92 Å². The van der Waals surface area contributed by atoms with Crippen molar-refractivity contribution in [1.82, 2.24) is 14.5 Å². The van der Waals surface area contributed by atoms with Gasteiger partial charge in [0.1, 0.15) is 11.6 Å². The molecule has 1 fully saturated rings. The SMILES string of the molecule is CCC(c1nc2ccccc2c(=O)n1-c1ccc(OC)cc1)N(Cc1ccccc1)C(=O)C1CCCC1. The van der Waals surface area contributed by atoms with E-state index in [4.69, 9.17) is 9.72 Å². The normalized spacial score (nSPS) is 14.5. The van der Waals surface area contributed by atoms with Crippen molar-refractivity contribution < 1.29 is 9.53 Å². The first kappa shape index (κ1) is 24.8. The smallest absolute Gasteiger partial charge is 0.266 e. The van der Waals surface area contributed by atoms with Gasteiger partial charge >= 0.3 is 0 Å². The van der Waals surface area contributed by atoms with Crippen LogP contribution in [0.2, 0.25) is 0 Å². The second-order valence-corrected chi connectivity index (χ2v) is 9.68. The van der Waals surface area contributed by atoms with Gasteiger partial charge in [-0.25, -0.2) is 4.98 Å². The molecule has 0 saturated heterocycles. The maximum absolute atomic E-state index is 14.0. The van der Waals surface area contributed by atoms with Crippen molar-refractivity contribution in [2.75, 3.05) is 7.11 Å². The van der Waals surface area contributed by atoms with Crippen molar-refractivity contribution in [3.63, 3.8) is 0 Å². The number of carbonyl (C=O) groups is 1. The summed E-state index contributed by atoms with van der Waals surface area (Å²) in [6, 6.07) is 24.5. The van der Waals surface area contributed by atoms with Crippen LogP contribution in [0.15, 0.2) is 83.7 Å². The van der Waals surface area contributed by atoms with E-state index >= 15 is 0 Å². The number of hydrogen-bond donors (Lipinski definition) is 0. The molecule has 1 heterocycles. The lowest BCUT2D eigenvalue weighted by atomic mass is 10.0. The number of aromatic nitrogens is 2. The third-order valence-electron chi connectivity index (χ3n) is 7.38. The molecule has 6 nitrogen and oxygen atoms in total. The Hall–Kier alpha value is -3.93. The molecule has 0 N–H and O–H groups in total. The molecular formula is C31H33N3O3. The number of nitrogens with zero attached hydrogens (tertiary/aromatic N) is 3. The molecule has 0 radical (unpaired) electrons. The van der Waals surface area contributed by atoms with E-state index in [1.54, 1.807) is 17.7 Å². The van der Waals surface area contributed by atoms with Crippen LogP contribution in [-0.2, 0) is 11.3 Å². The molecule has 0 bridgehead atoms. The van der Waals surface area contributed by atoms with Crippen LogP contribution in [0.4, 0.5) is 0 Å². The van der Waals surface area contributed by atoms with E-state index in [-0.39, 0.29) is 23.4 Å². The minimum atomic E-state index is -0.368. The van der Waals surface area contributed by atoms with Crippen LogP contribution < -0.4 is 10.3 Å². The minimum absolute atomic E-state index is 0.0133. The van der Waals surface area contributed by atoms with Gasteiger partial charge in [0.2, 0.25) is 5.91 Å². The molecule has 3 aromatic carbocycles. The van der Waals surface area contributed by atoms with Gasteiger partial charge < -0.3 is 9.64 Å². The lowest BCUT2D eigenvalue weighted by molar-refractivity contribution is -0.139. The molecule has 0 aliphatic heterocycles. The maximum atomic E-state index is 14.0. The third kappa shape index (κ3) is 5.01. The zero-order valence-corrected chi connectivity index (χ0v) is 21.5. The summed E-state index contributed by atoms with van der Waals surface area (Å²) in [4.78, 5) is 34.9. The molecule has 1 atom stereocenters. The Kier molecular flexibility index (Phi) is 7.35. The van der Waals surface area contributed by atoms with E-state index < -0.39 is 0 Å². The Bertz CT molecular complexity index is 1420. The van der Waals surface area contributed by atoms with Crippen LogP contribution in [0.3, 0.4) is 0 Å². The molecule has 0 spiro atoms. The first-order valence-corrected chi connectivity index (χ1v) is 13.1. The van der Waals surface area contributed by atoms with Gasteiger partial charge in [0.15, 0.2) is 0 Å². The van der Waals surface area contributed by atoms with Gasteiger partial charge in [-0.3, -0.25) is 14.2 Å². The topological polar surface area (TPSA) is 64.4 Å². The number of benzene rings is 3. The van der Waals surface area contributed by atoms with Crippen LogP contribution in [0.5, 0.6) is 5.75 Å². The molecule has 1 amide bonds. The van der Waals surface area contributed by atoms with Gasteiger partial charge in [0.05, 0.1) is 29.7 Å². The summed E-state index contributed by atoms with van der Waals surface area (Å²) in [6.07, 6.45) is 4.62. The van der Waals surface area contributed by atoms with Gasteiger partial charge in [0.25, 0.3) is 5.56 Å². The Morgan fingerprint density at radius 2 is 1.68 bits per heavy atom. The van der Waals surface area contributed by atoms with Crippen molar-refractivity contribution in [2.24, 2.45) is 5.92 Å². The average molecular weight is 496 g/mol. The number of ether oxygens (including phenoxy) is 1. The van der Waals surface area contributed by atoms with Crippen molar-refractivity contribution >= 4 is 16.8 Å². The number of hydrogen-bond acceptors (Lipinski definition) is 4. The van der Waals surface area contributed by atoms with Crippen molar-refractivity contribution in [3.8, 4) is 11.4 Å². The fourth-order valence-electron chi connectivity index (χ4n) is 5.43. The Labute approximate surface area is 217 Å². The number of carbonyl (C=O) groups excluding carboxylic acids is 1. The summed E-state index contributed by atoms with van der Waals surface area (Å²) in [5.74, 6) is 1.45. The van der Waals surface area contributed by atoms with E-state index in [9.17, 15) is 9.59 Å². The van der Waals surface area contributed by atoms with Gasteiger partial charge in [0, 0.05) is 12.5 Å². The van der Waals surface area contributed by atoms with Crippen LogP contribution >= 0.6 is 0 Å². The second-order valence-electron chi connectivity index (χ2n) is 9.68. The molecule has 4 aromatic rings. The summed E-state index contributed by atoms with van der Waals surface area (Å²) in [5.41, 5.74) is 2.26. The number of fused-ring (bicyclic) bond motifs is 1. The largest absolute Gasteiger partial charge is 0.497 e. The van der Waals surface area contributed by atoms with E-state index in [2.05, 4.69) is 6.92 Å². The lowest BCUT2D eigenvalue weighted by Gasteiger charge is -2.34. The highest BCUT2D eigenvalue weighted by Gasteiger charge is 2.34. The number of methoxy groups -OCH3 is 1. The van der Waals surface area contributed by atoms with Crippen LogP contribution in [0.1, 0.15) is 56.5 Å². The maximum Gasteiger partial charge on any atom is 0.266 e. The quantitative estimate of drug-likeness (QED) is 0.298. The first-order chi connectivity index (χ1) is 18.1. The second kappa shape index (κ2) is 11.0. The number of para-hydroxylation sites is 1. The molecule has 1 unspecified atom stereocenters. The van der Waals surface area contributed by atoms with E-state index in [1.165, 1.54) is 0 Å². The van der Waals surface area contributed by atoms with Crippen LogP contribution in [-0.4, -0.2) is 27.5 Å². The molecule has 190 valence electrons. The summed E-state index contributed by atoms with van der Waals surface area (Å²) in [5, 5.41) is 0.550. The van der Waals surface area contributed by atoms with Crippen molar-refractivity contribution in [2.45, 2.75) is 51.6 Å². The summed E-state index contributed by atoms with van der Waals surface area (Å²) < 4.78 is 7.02. The fraction of sp³-hybridized carbons (Fsp3) is 0.323. The number of rotatable bonds is 8. The standard InChI is InChI=1S/C31H33N3O3/c1-3-28(33(21-22-11-5-4-6-12-22)30(35)23-13-7-8-14-23)29-32-27-16-10-9-15-26(27)31(36)34(29)24-17-19-25(37-2)20-18-24/h4-6,9-12,15-20,23,28H,3,7-8,13-14,21H2,1-2H3. The fourth-order valence-corrected chi connectivity index (χ4v) is 5.43. The van der Waals surface area contributed by atoms with Gasteiger partial charge in [-0.2, -0.15) is 0 Å². The molecule has 1 aliphatic rings. The van der Waals surface area contributed by atoms with E-state index in [0.717, 1.165) is 31.2 Å². The summed E-state index contributed by atoms with van der Waals surface area (Å²) in [6.45, 7) is 2.53. The zero-order chi connectivity index (χ0) is 25.8. The molecule has 6 heteroatoms. The highest BCUT2D eigenvalue weighted by Crippen LogP contribution is 2.33. The minimum Gasteiger partial charge on any atom is -0.497 e. The molecule has 37 heavy (non-hydrogen) atoms. The van der Waals surface area contributed by atoms with Crippen LogP contribution in [0.25, 0.3) is 16.6 Å². The first-order valence-electron chi connectivity index (χ1n) is 13.1. The molecule has 5 rings (SSSR count). The number of amides is 1. The predicted octanol–water partition coefficient (Wildman–Crippen LogP) is 6.06. The monoisotopic (exact) mass is 495 g/mol. The lowest BCUT2D eigenvalue weighted by Crippen LogP contribution is -2.40. The Balaban J connectivity index is 1.69. The highest BCUT2D eigenvalue weighted by atomic mass is 16.5. The molecular weight excluding hydrogens is 462 g/mol. The molecule has 1 aromatic heterocycles. The van der Waals surface area contributed by atoms with Gasteiger partial charge in [-0.1, -0.05) is 62.2 Å². The van der Waals surface area contributed by atoms with Gasteiger partial charge in [-0.05, 0) is 61.2 Å². The average Bonchev–Trinajstić information content (AvgIpc) is 3.49. The van der Waals surface area contributed by atoms with Crippen molar-refractivity contribution in [3.05, 3.63) is 101 Å². The summed E-state index contributed by atoms with van der Waals surface area (Å²) in [7, 11) is 1.62. The van der Waals surface area contributed by atoms with Crippen molar-refractivity contribution in [1.29, 1.82) is 0 Å². The zero-order valence-electron chi connectivity index (χ0n) is 21.5. The Morgan fingerprint density at radius 1 is 1.00 bits per heavy atom. The Morgan fingerprint density at radius 3 is 2.35 bits per heavy atom. The van der Waals surface area contributed by atoms with Gasteiger partial charge in [-0.15, -0.1) is 0 Å².